The second kappa shape index (κ2) is 8.28. The number of ether oxygens (including phenoxy) is 2. The zero-order valence-electron chi connectivity index (χ0n) is 16.6. The van der Waals surface area contributed by atoms with Gasteiger partial charge in [0.05, 0.1) is 31.2 Å². The highest BCUT2D eigenvalue weighted by atomic mass is 79.9. The van der Waals surface area contributed by atoms with E-state index in [4.69, 9.17) is 9.47 Å². The number of nitrogens with zero attached hydrogens (tertiary/aromatic N) is 1. The summed E-state index contributed by atoms with van der Waals surface area (Å²) >= 11 is 3.57. The van der Waals surface area contributed by atoms with Crippen molar-refractivity contribution >= 4 is 33.7 Å². The highest BCUT2D eigenvalue weighted by Crippen LogP contribution is 2.60. The van der Waals surface area contributed by atoms with Gasteiger partial charge in [-0.3, -0.25) is 14.4 Å². The Hall–Kier alpha value is -1.97. The second-order valence-electron chi connectivity index (χ2n) is 7.87. The number of carbonyl (C=O) groups excluding carboxylic acids is 3. The number of hydrogen-bond acceptors (Lipinski definition) is 6. The summed E-state index contributed by atoms with van der Waals surface area (Å²) in [7, 11) is 0. The number of benzene rings is 1. The van der Waals surface area contributed by atoms with Gasteiger partial charge in [0.15, 0.2) is 0 Å². The third-order valence-electron chi connectivity index (χ3n) is 6.25. The first-order valence-electron chi connectivity index (χ1n) is 10.2. The van der Waals surface area contributed by atoms with Crippen molar-refractivity contribution in [1.82, 2.24) is 10.2 Å². The number of β-amino-alcohol motifs (C(OH)–C–C–N with tert-alkyl or cyclic N) is 1. The van der Waals surface area contributed by atoms with Crippen LogP contribution in [0.2, 0.25) is 0 Å². The van der Waals surface area contributed by atoms with Crippen LogP contribution in [0.5, 0.6) is 0 Å². The number of aliphatic hydroxyl groups is 1. The summed E-state index contributed by atoms with van der Waals surface area (Å²) < 4.78 is 11.5. The molecule has 8 nitrogen and oxygen atoms in total. The van der Waals surface area contributed by atoms with Crippen LogP contribution in [0.3, 0.4) is 0 Å². The Labute approximate surface area is 183 Å². The first-order chi connectivity index (χ1) is 14.4. The van der Waals surface area contributed by atoms with Gasteiger partial charge in [-0.05, 0) is 18.9 Å². The predicted molar refractivity (Wildman–Crippen MR) is 109 cm³/mol. The quantitative estimate of drug-likeness (QED) is 0.437. The van der Waals surface area contributed by atoms with Gasteiger partial charge in [-0.2, -0.15) is 0 Å². The van der Waals surface area contributed by atoms with E-state index >= 15 is 0 Å². The van der Waals surface area contributed by atoms with Gasteiger partial charge in [0.25, 0.3) is 0 Å². The molecule has 2 bridgehead atoms. The normalized spacial score (nSPS) is 34.2. The number of alkyl halides is 1. The topological polar surface area (TPSA) is 105 Å². The Bertz CT molecular complexity index is 836. The molecule has 2 amide bonds. The third-order valence-corrected chi connectivity index (χ3v) is 7.09. The van der Waals surface area contributed by atoms with Gasteiger partial charge in [-0.25, -0.2) is 0 Å². The van der Waals surface area contributed by atoms with Crippen LogP contribution < -0.4 is 5.32 Å². The highest BCUT2D eigenvalue weighted by Gasteiger charge is 2.76. The largest absolute Gasteiger partial charge is 0.466 e. The Morgan fingerprint density at radius 1 is 1.37 bits per heavy atom. The molecular weight excluding hydrogens is 456 g/mol. The lowest BCUT2D eigenvalue weighted by molar-refractivity contribution is -0.154. The Morgan fingerprint density at radius 2 is 2.10 bits per heavy atom. The zero-order valence-corrected chi connectivity index (χ0v) is 18.2. The number of esters is 1. The minimum atomic E-state index is -1.12. The molecule has 0 aliphatic carbocycles. The Kier molecular flexibility index (Phi) is 5.87. The molecule has 3 fully saturated rings. The summed E-state index contributed by atoms with van der Waals surface area (Å²) in [4.78, 5) is 40.5. The van der Waals surface area contributed by atoms with Crippen molar-refractivity contribution in [1.29, 1.82) is 0 Å². The van der Waals surface area contributed by atoms with Crippen LogP contribution in [-0.4, -0.2) is 70.1 Å². The molecule has 3 heterocycles. The van der Waals surface area contributed by atoms with Crippen molar-refractivity contribution in [3.05, 3.63) is 35.9 Å². The summed E-state index contributed by atoms with van der Waals surface area (Å²) in [6.07, 6.45) is -0.103. The van der Waals surface area contributed by atoms with E-state index in [0.29, 0.717) is 13.0 Å². The van der Waals surface area contributed by atoms with E-state index in [-0.39, 0.29) is 36.4 Å². The number of amides is 2. The Morgan fingerprint density at radius 3 is 2.77 bits per heavy atom. The number of fused-ring (bicyclic) bond motifs is 1. The molecule has 3 unspecified atom stereocenters. The molecule has 30 heavy (non-hydrogen) atoms. The van der Waals surface area contributed by atoms with E-state index in [0.717, 1.165) is 5.56 Å². The molecular formula is C21H25BrN2O6. The fourth-order valence-corrected chi connectivity index (χ4v) is 6.11. The number of halogens is 1. The Balaban J connectivity index is 1.64. The van der Waals surface area contributed by atoms with Gasteiger partial charge in [0.2, 0.25) is 11.8 Å². The zero-order chi connectivity index (χ0) is 21.5. The molecule has 1 aromatic rings. The van der Waals surface area contributed by atoms with Crippen molar-refractivity contribution in [2.24, 2.45) is 11.8 Å². The predicted octanol–water partition coefficient (Wildman–Crippen LogP) is 0.606. The third kappa shape index (κ3) is 3.23. The number of hydrogen-bond donors (Lipinski definition) is 2. The van der Waals surface area contributed by atoms with Crippen LogP contribution in [-0.2, 0) is 30.4 Å². The van der Waals surface area contributed by atoms with Gasteiger partial charge in [-0.15, -0.1) is 0 Å². The average molecular weight is 481 g/mol. The molecule has 9 heteroatoms. The molecule has 0 saturated carbocycles. The molecule has 3 saturated heterocycles. The van der Waals surface area contributed by atoms with Gasteiger partial charge in [-0.1, -0.05) is 46.3 Å². The lowest BCUT2D eigenvalue weighted by atomic mass is 9.70. The van der Waals surface area contributed by atoms with Gasteiger partial charge in [0, 0.05) is 17.9 Å². The molecule has 2 N–H and O–H groups in total. The van der Waals surface area contributed by atoms with E-state index in [1.54, 1.807) is 6.92 Å². The van der Waals surface area contributed by atoms with Crippen molar-refractivity contribution in [2.75, 3.05) is 19.8 Å². The standard InChI is InChI=1S/C21H25BrN2O6/c1-2-29-20(28)14-15-19(27)24(8-9-25)17(21(15)10-13(22)16(14)30-21)18(26)23-11-12-6-4-3-5-7-12/h3-7,13-17,25H,2,8-11H2,1H3,(H,23,26)/t13?,14-,15-,16-,17?,21?/m0/s1. The minimum absolute atomic E-state index is 0.00295. The van der Waals surface area contributed by atoms with Gasteiger partial charge < -0.3 is 24.8 Å². The molecule has 3 aliphatic rings. The number of carbonyl (C=O) groups is 3. The SMILES string of the molecule is CCOC(=O)[C@H]1[C@H]2C(=O)N(CCO)C(C(=O)NCc3ccccc3)C23CC(Br)[C@@H]1O3. The van der Waals surface area contributed by atoms with Crippen molar-refractivity contribution in [3.63, 3.8) is 0 Å². The summed E-state index contributed by atoms with van der Waals surface area (Å²) in [6.45, 7) is 1.92. The molecule has 162 valence electrons. The van der Waals surface area contributed by atoms with Gasteiger partial charge >= 0.3 is 5.97 Å². The fourth-order valence-electron chi connectivity index (χ4n) is 5.17. The van der Waals surface area contributed by atoms with E-state index in [2.05, 4.69) is 21.2 Å². The minimum Gasteiger partial charge on any atom is -0.466 e. The maximum absolute atomic E-state index is 13.3. The molecule has 1 spiro atoms. The summed E-state index contributed by atoms with van der Waals surface area (Å²) in [5, 5.41) is 12.4. The van der Waals surface area contributed by atoms with E-state index in [1.165, 1.54) is 4.90 Å². The molecule has 0 aromatic heterocycles. The second-order valence-corrected chi connectivity index (χ2v) is 9.05. The summed E-state index contributed by atoms with van der Waals surface area (Å²) in [5.41, 5.74) is -0.194. The van der Waals surface area contributed by atoms with Crippen molar-refractivity contribution in [2.45, 2.75) is 42.5 Å². The lowest BCUT2D eigenvalue weighted by Gasteiger charge is -2.33. The van der Waals surface area contributed by atoms with Crippen LogP contribution in [0.1, 0.15) is 18.9 Å². The first kappa shape index (κ1) is 21.3. The van der Waals surface area contributed by atoms with Gasteiger partial charge in [0.1, 0.15) is 11.6 Å². The number of nitrogens with one attached hydrogen (secondary N) is 1. The summed E-state index contributed by atoms with van der Waals surface area (Å²) in [5.74, 6) is -2.75. The number of likely N-dealkylation sites (tertiary alicyclic amines) is 1. The van der Waals surface area contributed by atoms with Crippen LogP contribution >= 0.6 is 15.9 Å². The molecule has 0 radical (unpaired) electrons. The highest BCUT2D eigenvalue weighted by molar-refractivity contribution is 9.09. The molecule has 4 rings (SSSR count). The lowest BCUT2D eigenvalue weighted by Crippen LogP contribution is -2.56. The molecule has 6 atom stereocenters. The maximum atomic E-state index is 13.3. The smallest absolute Gasteiger partial charge is 0.312 e. The van der Waals surface area contributed by atoms with E-state index < -0.39 is 35.6 Å². The molecule has 1 aromatic carbocycles. The van der Waals surface area contributed by atoms with Crippen LogP contribution in [0.25, 0.3) is 0 Å². The van der Waals surface area contributed by atoms with Crippen molar-refractivity contribution < 1.29 is 29.0 Å². The van der Waals surface area contributed by atoms with E-state index in [9.17, 15) is 19.5 Å². The van der Waals surface area contributed by atoms with Crippen LogP contribution in [0.15, 0.2) is 30.3 Å². The monoisotopic (exact) mass is 480 g/mol. The van der Waals surface area contributed by atoms with Crippen LogP contribution in [0, 0.1) is 11.8 Å². The van der Waals surface area contributed by atoms with E-state index in [1.807, 2.05) is 30.3 Å². The number of rotatable bonds is 7. The number of aliphatic hydroxyl groups excluding tert-OH is 1. The molecule has 3 aliphatic heterocycles. The maximum Gasteiger partial charge on any atom is 0.312 e. The summed E-state index contributed by atoms with van der Waals surface area (Å²) in [6, 6.07) is 8.54. The first-order valence-corrected chi connectivity index (χ1v) is 11.1. The average Bonchev–Trinajstić information content (AvgIpc) is 3.31. The fraction of sp³-hybridized carbons (Fsp3) is 0.571. The van der Waals surface area contributed by atoms with Crippen LogP contribution in [0.4, 0.5) is 0 Å². The van der Waals surface area contributed by atoms with Crippen molar-refractivity contribution in [3.8, 4) is 0 Å².